The van der Waals surface area contributed by atoms with Gasteiger partial charge in [0.05, 0.1) is 11.3 Å². The van der Waals surface area contributed by atoms with Gasteiger partial charge in [0.15, 0.2) is 0 Å². The molecule has 0 radical (unpaired) electrons. The van der Waals surface area contributed by atoms with Crippen LogP contribution in [-0.2, 0) is 11.3 Å². The molecule has 0 unspecified atom stereocenters. The number of nitrogens with one attached hydrogen (secondary N) is 1. The summed E-state index contributed by atoms with van der Waals surface area (Å²) in [6, 6.07) is 17.3. The molecule has 1 aromatic heterocycles. The standard InChI is InChI=1S/C27H23N5O7S/c28-27(31-29)30-18-6-4-16(5-7-18)26(38)39-19-8-9-20-17(11-19)2-1-3-21(20)24(35)32(13-23(33)34)12-15-10-22(25(36)37)40-14-15/h1-11,14H,12-13,29H2,(H,33,34)(H,36,37)(H3,28,30,31). The molecule has 12 nitrogen and oxygen atoms in total. The minimum atomic E-state index is -1.21. The van der Waals surface area contributed by atoms with Gasteiger partial charge in [-0.1, -0.05) is 12.1 Å². The number of nitrogens with two attached hydrogens (primary N) is 2. The molecule has 0 bridgehead atoms. The van der Waals surface area contributed by atoms with Crippen molar-refractivity contribution >= 4 is 57.6 Å². The van der Waals surface area contributed by atoms with Crippen LogP contribution in [0, 0.1) is 0 Å². The lowest BCUT2D eigenvalue weighted by Gasteiger charge is -2.21. The zero-order valence-corrected chi connectivity index (χ0v) is 21.6. The lowest BCUT2D eigenvalue weighted by molar-refractivity contribution is -0.137. The van der Waals surface area contributed by atoms with Crippen LogP contribution in [0.15, 0.2) is 77.1 Å². The van der Waals surface area contributed by atoms with Gasteiger partial charge in [0, 0.05) is 12.1 Å². The number of nitrogens with zero attached hydrogens (tertiary/aromatic N) is 2. The molecule has 1 heterocycles. The number of aliphatic imine (C=N–C) groups is 1. The molecule has 4 aromatic rings. The van der Waals surface area contributed by atoms with E-state index in [0.29, 0.717) is 22.0 Å². The molecule has 40 heavy (non-hydrogen) atoms. The number of ether oxygens (including phenoxy) is 1. The fourth-order valence-corrected chi connectivity index (χ4v) is 4.59. The first-order valence-electron chi connectivity index (χ1n) is 11.6. The molecule has 7 N–H and O–H groups in total. The third-order valence-electron chi connectivity index (χ3n) is 5.64. The van der Waals surface area contributed by atoms with E-state index in [-0.39, 0.29) is 34.3 Å². The number of guanidine groups is 1. The quantitative estimate of drug-likeness (QED) is 0.0506. The maximum Gasteiger partial charge on any atom is 0.345 e. The van der Waals surface area contributed by atoms with Crippen LogP contribution in [0.2, 0.25) is 0 Å². The monoisotopic (exact) mass is 561 g/mol. The van der Waals surface area contributed by atoms with Crippen molar-refractivity contribution in [2.75, 3.05) is 6.54 Å². The number of thiophene rings is 1. The molecule has 1 amide bonds. The molecule has 0 aliphatic heterocycles. The lowest BCUT2D eigenvalue weighted by Crippen LogP contribution is -2.36. The van der Waals surface area contributed by atoms with Gasteiger partial charge in [-0.05, 0) is 76.3 Å². The summed E-state index contributed by atoms with van der Waals surface area (Å²) in [5.74, 6) is 1.95. The molecule has 3 aromatic carbocycles. The second-order valence-electron chi connectivity index (χ2n) is 8.45. The van der Waals surface area contributed by atoms with Gasteiger partial charge in [-0.3, -0.25) is 15.0 Å². The predicted octanol–water partition coefficient (Wildman–Crippen LogP) is 2.96. The summed E-state index contributed by atoms with van der Waals surface area (Å²) in [7, 11) is 0. The van der Waals surface area contributed by atoms with Crippen LogP contribution >= 0.6 is 11.3 Å². The Morgan fingerprint density at radius 3 is 2.40 bits per heavy atom. The average molecular weight is 562 g/mol. The minimum Gasteiger partial charge on any atom is -0.480 e. The Morgan fingerprint density at radius 2 is 1.75 bits per heavy atom. The highest BCUT2D eigenvalue weighted by Gasteiger charge is 2.22. The number of carbonyl (C=O) groups is 4. The number of hydrogen-bond donors (Lipinski definition) is 5. The Balaban J connectivity index is 1.55. The fraction of sp³-hybridized carbons (Fsp3) is 0.0741. The highest BCUT2D eigenvalue weighted by molar-refractivity contribution is 7.12. The van der Waals surface area contributed by atoms with Crippen molar-refractivity contribution < 1.29 is 34.1 Å². The molecule has 0 saturated carbocycles. The van der Waals surface area contributed by atoms with Crippen LogP contribution in [0.25, 0.3) is 10.8 Å². The van der Waals surface area contributed by atoms with Crippen molar-refractivity contribution in [2.24, 2.45) is 16.6 Å². The summed E-state index contributed by atoms with van der Waals surface area (Å²) < 4.78 is 5.50. The molecule has 0 atom stereocenters. The summed E-state index contributed by atoms with van der Waals surface area (Å²) in [6.07, 6.45) is 0. The number of esters is 1. The highest BCUT2D eigenvalue weighted by Crippen LogP contribution is 2.27. The van der Waals surface area contributed by atoms with Crippen LogP contribution in [-0.4, -0.2) is 51.4 Å². The molecule has 4 rings (SSSR count). The molecule has 0 saturated heterocycles. The third-order valence-corrected chi connectivity index (χ3v) is 6.61. The number of hydrazine groups is 1. The summed E-state index contributed by atoms with van der Waals surface area (Å²) >= 11 is 0.993. The van der Waals surface area contributed by atoms with Crippen molar-refractivity contribution in [3.63, 3.8) is 0 Å². The zero-order chi connectivity index (χ0) is 28.8. The van der Waals surface area contributed by atoms with Crippen molar-refractivity contribution in [2.45, 2.75) is 6.54 Å². The third kappa shape index (κ3) is 6.59. The normalized spacial score (nSPS) is 11.2. The number of aromatic carboxylic acids is 1. The average Bonchev–Trinajstić information content (AvgIpc) is 3.41. The molecule has 0 aliphatic rings. The number of amides is 1. The zero-order valence-electron chi connectivity index (χ0n) is 20.7. The Bertz CT molecular complexity index is 1630. The molecule has 0 fully saturated rings. The number of carbonyl (C=O) groups excluding carboxylic acids is 2. The molecule has 0 spiro atoms. The van der Waals surface area contributed by atoms with Crippen LogP contribution in [0.4, 0.5) is 5.69 Å². The van der Waals surface area contributed by atoms with E-state index in [4.69, 9.17) is 21.4 Å². The number of carboxylic acids is 2. The number of rotatable bonds is 9. The number of benzene rings is 3. The Labute approximate surface area is 231 Å². The van der Waals surface area contributed by atoms with E-state index in [1.165, 1.54) is 24.3 Å². The Hall–Kier alpha value is -5.27. The lowest BCUT2D eigenvalue weighted by atomic mass is 10.0. The molecular weight excluding hydrogens is 538 g/mol. The summed E-state index contributed by atoms with van der Waals surface area (Å²) in [4.78, 5) is 54.0. The first-order valence-corrected chi connectivity index (χ1v) is 12.5. The summed E-state index contributed by atoms with van der Waals surface area (Å²) in [5.41, 5.74) is 9.22. The van der Waals surface area contributed by atoms with Crippen molar-refractivity contribution in [3.05, 3.63) is 93.7 Å². The second kappa shape index (κ2) is 12.1. The van der Waals surface area contributed by atoms with E-state index >= 15 is 0 Å². The van der Waals surface area contributed by atoms with Gasteiger partial charge in [-0.25, -0.2) is 20.4 Å². The largest absolute Gasteiger partial charge is 0.480 e. The topological polar surface area (TPSA) is 198 Å². The van der Waals surface area contributed by atoms with E-state index in [2.05, 4.69) is 10.4 Å². The SMILES string of the molecule is NNC(N)=Nc1ccc(C(=O)Oc2ccc3c(C(=O)N(CC(=O)O)Cc4csc(C(=O)O)c4)cccc3c2)cc1. The van der Waals surface area contributed by atoms with Crippen LogP contribution < -0.4 is 21.7 Å². The van der Waals surface area contributed by atoms with E-state index in [1.54, 1.807) is 47.8 Å². The number of hydrogen-bond acceptors (Lipinski definition) is 8. The molecular formula is C27H23N5O7S. The van der Waals surface area contributed by atoms with Crippen LogP contribution in [0.1, 0.15) is 36.0 Å². The maximum atomic E-state index is 13.4. The van der Waals surface area contributed by atoms with Gasteiger partial charge in [0.1, 0.15) is 17.2 Å². The van der Waals surface area contributed by atoms with Crippen LogP contribution in [0.5, 0.6) is 5.75 Å². The van der Waals surface area contributed by atoms with Gasteiger partial charge in [-0.15, -0.1) is 11.3 Å². The molecule has 204 valence electrons. The van der Waals surface area contributed by atoms with E-state index in [9.17, 15) is 24.3 Å². The van der Waals surface area contributed by atoms with Gasteiger partial charge >= 0.3 is 17.9 Å². The van der Waals surface area contributed by atoms with Gasteiger partial charge in [-0.2, -0.15) is 0 Å². The number of carboxylic acid groups (broad SMARTS) is 2. The van der Waals surface area contributed by atoms with E-state index < -0.39 is 30.4 Å². The molecule has 0 aliphatic carbocycles. The second-order valence-corrected chi connectivity index (χ2v) is 9.36. The van der Waals surface area contributed by atoms with Crippen molar-refractivity contribution in [1.29, 1.82) is 0 Å². The number of fused-ring (bicyclic) bond motifs is 1. The van der Waals surface area contributed by atoms with Gasteiger partial charge in [0.25, 0.3) is 5.91 Å². The van der Waals surface area contributed by atoms with E-state index in [0.717, 1.165) is 16.2 Å². The Kier molecular flexibility index (Phi) is 8.37. The van der Waals surface area contributed by atoms with Crippen molar-refractivity contribution in [1.82, 2.24) is 10.3 Å². The first kappa shape index (κ1) is 27.8. The summed E-state index contributed by atoms with van der Waals surface area (Å²) in [6.45, 7) is -0.664. The smallest absolute Gasteiger partial charge is 0.345 e. The molecule has 13 heteroatoms. The minimum absolute atomic E-state index is 0.00853. The summed E-state index contributed by atoms with van der Waals surface area (Å²) in [5, 5.41) is 21.2. The van der Waals surface area contributed by atoms with Gasteiger partial charge in [0.2, 0.25) is 5.96 Å². The number of aliphatic carboxylic acids is 1. The Morgan fingerprint density at radius 1 is 1.00 bits per heavy atom. The fourth-order valence-electron chi connectivity index (χ4n) is 3.85. The van der Waals surface area contributed by atoms with Gasteiger partial charge < -0.3 is 25.6 Å². The highest BCUT2D eigenvalue weighted by atomic mass is 32.1. The van der Waals surface area contributed by atoms with Crippen molar-refractivity contribution in [3.8, 4) is 5.75 Å². The van der Waals surface area contributed by atoms with Crippen LogP contribution in [0.3, 0.4) is 0 Å². The maximum absolute atomic E-state index is 13.4. The first-order chi connectivity index (χ1) is 19.1. The van der Waals surface area contributed by atoms with E-state index in [1.807, 2.05) is 0 Å². The predicted molar refractivity (Wildman–Crippen MR) is 148 cm³/mol.